The zero-order valence-corrected chi connectivity index (χ0v) is 17.8. The summed E-state index contributed by atoms with van der Waals surface area (Å²) >= 11 is 0. The average Bonchev–Trinajstić information content (AvgIpc) is 3.12. The molecule has 1 N–H and O–H groups in total. The molecule has 0 unspecified atom stereocenters. The predicted octanol–water partition coefficient (Wildman–Crippen LogP) is 5.28. The summed E-state index contributed by atoms with van der Waals surface area (Å²) in [5.41, 5.74) is 6.81. The van der Waals surface area contributed by atoms with E-state index in [1.807, 2.05) is 49.4 Å². The first kappa shape index (κ1) is 20.6. The molecule has 4 nitrogen and oxygen atoms in total. The van der Waals surface area contributed by atoms with Crippen LogP contribution in [0.3, 0.4) is 0 Å². The summed E-state index contributed by atoms with van der Waals surface area (Å²) in [5, 5.41) is 2.78. The third kappa shape index (κ3) is 4.57. The van der Waals surface area contributed by atoms with Crippen molar-refractivity contribution < 1.29 is 14.3 Å². The Kier molecular flexibility index (Phi) is 6.24. The second-order valence-electron chi connectivity index (χ2n) is 7.51. The molecule has 0 aromatic heterocycles. The van der Waals surface area contributed by atoms with E-state index < -0.39 is 6.09 Å². The van der Waals surface area contributed by atoms with Crippen LogP contribution in [0.25, 0.3) is 11.1 Å². The van der Waals surface area contributed by atoms with E-state index in [2.05, 4.69) is 41.4 Å². The Morgan fingerprint density at radius 2 is 1.68 bits per heavy atom. The lowest BCUT2D eigenvalue weighted by molar-refractivity contribution is 0.143. The molecule has 4 heteroatoms. The highest BCUT2D eigenvalue weighted by atomic mass is 16.5. The van der Waals surface area contributed by atoms with E-state index in [0.717, 1.165) is 16.9 Å². The van der Waals surface area contributed by atoms with Gasteiger partial charge in [0.15, 0.2) is 0 Å². The number of nitrogens with one attached hydrogen (secondary N) is 1. The Labute approximate surface area is 183 Å². The number of alkyl carbamates (subject to hydrolysis) is 1. The van der Waals surface area contributed by atoms with Crippen LogP contribution < -0.4 is 10.1 Å². The quantitative estimate of drug-likeness (QED) is 0.459. The van der Waals surface area contributed by atoms with Gasteiger partial charge in [0.05, 0.1) is 12.7 Å². The van der Waals surface area contributed by atoms with Crippen molar-refractivity contribution >= 4 is 6.09 Å². The van der Waals surface area contributed by atoms with Gasteiger partial charge < -0.3 is 14.8 Å². The number of carbonyl (C=O) groups excluding carboxylic acids is 1. The van der Waals surface area contributed by atoms with Gasteiger partial charge in [0.25, 0.3) is 0 Å². The van der Waals surface area contributed by atoms with Crippen molar-refractivity contribution in [3.63, 3.8) is 0 Å². The molecule has 0 heterocycles. The van der Waals surface area contributed by atoms with E-state index in [1.165, 1.54) is 22.3 Å². The lowest BCUT2D eigenvalue weighted by Gasteiger charge is -2.14. The molecular weight excluding hydrogens is 386 g/mol. The number of hydrogen-bond acceptors (Lipinski definition) is 3. The Morgan fingerprint density at radius 3 is 2.35 bits per heavy atom. The van der Waals surface area contributed by atoms with Crippen molar-refractivity contribution in [1.82, 2.24) is 5.32 Å². The number of hydrogen-bond donors (Lipinski definition) is 1. The highest BCUT2D eigenvalue weighted by Crippen LogP contribution is 2.44. The fraction of sp³-hybridized carbons (Fsp3) is 0.222. The summed E-state index contributed by atoms with van der Waals surface area (Å²) in [5.74, 6) is 6.99. The van der Waals surface area contributed by atoms with E-state index >= 15 is 0 Å². The van der Waals surface area contributed by atoms with Gasteiger partial charge in [-0.2, -0.15) is 0 Å². The summed E-state index contributed by atoms with van der Waals surface area (Å²) < 4.78 is 10.9. The zero-order valence-electron chi connectivity index (χ0n) is 17.8. The second kappa shape index (κ2) is 9.40. The molecule has 156 valence electrons. The van der Waals surface area contributed by atoms with Crippen LogP contribution >= 0.6 is 0 Å². The lowest BCUT2D eigenvalue weighted by atomic mass is 9.98. The SMILES string of the molecule is COc1cc(C)ccc1C#CCCNC(=O)OCC1c2ccccc2-c2ccccc21. The maximum atomic E-state index is 12.2. The van der Waals surface area contributed by atoms with Gasteiger partial charge in [-0.05, 0) is 46.9 Å². The van der Waals surface area contributed by atoms with E-state index in [1.54, 1.807) is 7.11 Å². The molecule has 3 aromatic carbocycles. The number of ether oxygens (including phenoxy) is 2. The van der Waals surface area contributed by atoms with Gasteiger partial charge in [-0.3, -0.25) is 0 Å². The van der Waals surface area contributed by atoms with Crippen molar-refractivity contribution in [3.05, 3.63) is 89.0 Å². The van der Waals surface area contributed by atoms with Crippen LogP contribution in [0.5, 0.6) is 5.75 Å². The molecule has 0 aliphatic heterocycles. The first-order valence-corrected chi connectivity index (χ1v) is 10.4. The summed E-state index contributed by atoms with van der Waals surface area (Å²) in [6, 6.07) is 22.5. The molecule has 0 spiro atoms. The molecule has 3 aromatic rings. The van der Waals surface area contributed by atoms with Gasteiger partial charge in [-0.15, -0.1) is 0 Å². The van der Waals surface area contributed by atoms with Gasteiger partial charge in [0.2, 0.25) is 0 Å². The molecule has 1 amide bonds. The lowest BCUT2D eigenvalue weighted by Crippen LogP contribution is -2.26. The van der Waals surface area contributed by atoms with Gasteiger partial charge >= 0.3 is 6.09 Å². The zero-order chi connectivity index (χ0) is 21.6. The number of benzene rings is 3. The van der Waals surface area contributed by atoms with Crippen molar-refractivity contribution in [2.75, 3.05) is 20.3 Å². The normalized spacial score (nSPS) is 11.7. The van der Waals surface area contributed by atoms with Gasteiger partial charge in [0, 0.05) is 18.9 Å². The number of aryl methyl sites for hydroxylation is 1. The van der Waals surface area contributed by atoms with Crippen LogP contribution in [0, 0.1) is 18.8 Å². The Hall–Kier alpha value is -3.71. The van der Waals surface area contributed by atoms with Crippen LogP contribution in [-0.2, 0) is 4.74 Å². The third-order valence-electron chi connectivity index (χ3n) is 5.44. The van der Waals surface area contributed by atoms with Crippen LogP contribution in [-0.4, -0.2) is 26.4 Å². The third-order valence-corrected chi connectivity index (χ3v) is 5.44. The van der Waals surface area contributed by atoms with Gasteiger partial charge in [-0.25, -0.2) is 4.79 Å². The van der Waals surface area contributed by atoms with E-state index in [9.17, 15) is 4.79 Å². The minimum Gasteiger partial charge on any atom is -0.495 e. The molecular formula is C27H25NO3. The number of carbonyl (C=O) groups is 1. The van der Waals surface area contributed by atoms with Crippen LogP contribution in [0.4, 0.5) is 4.79 Å². The van der Waals surface area contributed by atoms with Gasteiger partial charge in [-0.1, -0.05) is 66.4 Å². The molecule has 0 radical (unpaired) electrons. The van der Waals surface area contributed by atoms with Crippen LogP contribution in [0.15, 0.2) is 66.7 Å². The van der Waals surface area contributed by atoms with Crippen molar-refractivity contribution in [1.29, 1.82) is 0 Å². The molecule has 0 bridgehead atoms. The molecule has 1 aliphatic carbocycles. The van der Waals surface area contributed by atoms with Crippen molar-refractivity contribution in [3.8, 4) is 28.7 Å². The molecule has 0 saturated heterocycles. The summed E-state index contributed by atoms with van der Waals surface area (Å²) in [6.07, 6.45) is 0.109. The van der Waals surface area contributed by atoms with E-state index in [0.29, 0.717) is 19.6 Å². The number of fused-ring (bicyclic) bond motifs is 3. The monoisotopic (exact) mass is 411 g/mol. The minimum absolute atomic E-state index is 0.0620. The number of amides is 1. The molecule has 0 atom stereocenters. The highest BCUT2D eigenvalue weighted by Gasteiger charge is 2.28. The Bertz CT molecular complexity index is 1110. The summed E-state index contributed by atoms with van der Waals surface area (Å²) in [6.45, 7) is 2.75. The number of methoxy groups -OCH3 is 1. The standard InChI is InChI=1S/C27H25NO3/c1-19-14-15-20(26(17-19)30-2)9-7-8-16-28-27(29)31-18-25-23-12-5-3-10-21(23)22-11-4-6-13-24(22)25/h3-6,10-15,17,25H,8,16,18H2,1-2H3,(H,28,29). The second-order valence-corrected chi connectivity index (χ2v) is 7.51. The first-order chi connectivity index (χ1) is 15.2. The Morgan fingerprint density at radius 1 is 1.00 bits per heavy atom. The van der Waals surface area contributed by atoms with E-state index in [-0.39, 0.29) is 5.92 Å². The summed E-state index contributed by atoms with van der Waals surface area (Å²) in [4.78, 5) is 12.2. The number of rotatable bonds is 5. The minimum atomic E-state index is -0.420. The summed E-state index contributed by atoms with van der Waals surface area (Å²) in [7, 11) is 1.64. The molecule has 4 rings (SSSR count). The Balaban J connectivity index is 1.29. The average molecular weight is 412 g/mol. The maximum Gasteiger partial charge on any atom is 0.407 e. The molecule has 0 fully saturated rings. The highest BCUT2D eigenvalue weighted by molar-refractivity contribution is 5.79. The van der Waals surface area contributed by atoms with Crippen molar-refractivity contribution in [2.45, 2.75) is 19.3 Å². The fourth-order valence-electron chi connectivity index (χ4n) is 3.94. The predicted molar refractivity (Wildman–Crippen MR) is 122 cm³/mol. The van der Waals surface area contributed by atoms with Gasteiger partial charge in [0.1, 0.15) is 12.4 Å². The largest absolute Gasteiger partial charge is 0.495 e. The smallest absolute Gasteiger partial charge is 0.407 e. The van der Waals surface area contributed by atoms with Crippen LogP contribution in [0.2, 0.25) is 0 Å². The topological polar surface area (TPSA) is 47.6 Å². The van der Waals surface area contributed by atoms with E-state index in [4.69, 9.17) is 9.47 Å². The molecule has 31 heavy (non-hydrogen) atoms. The van der Waals surface area contributed by atoms with Crippen molar-refractivity contribution in [2.24, 2.45) is 0 Å². The first-order valence-electron chi connectivity index (χ1n) is 10.4. The van der Waals surface area contributed by atoms with Crippen LogP contribution in [0.1, 0.15) is 34.6 Å². The fourth-order valence-corrected chi connectivity index (χ4v) is 3.94. The molecule has 1 aliphatic rings. The maximum absolute atomic E-state index is 12.2. The molecule has 0 saturated carbocycles.